The van der Waals surface area contributed by atoms with Gasteiger partial charge in [0, 0.05) is 18.9 Å². The standard InChI is InChI=1S/2C13H27O2.Cu.Li/c2*1-3-5-7-8-10-12-15-13-14-11-9-6-4-2;;/h2*4H,3,5-13H2,1-2H3;;. The molecule has 0 aliphatic heterocycles. The fraction of sp³-hybridized carbons (Fsp3) is 1.00. The van der Waals surface area contributed by atoms with Crippen molar-refractivity contribution in [2.75, 3.05) is 40.0 Å². The molecule has 0 saturated carbocycles. The smallest absolute Gasteiger partial charge is 0.0654 e. The molecule has 0 saturated heterocycles. The average molecular weight is 501 g/mol. The molecule has 6 heteroatoms. The second-order valence-corrected chi connectivity index (χ2v) is 10.7. The molecule has 194 valence electrons. The van der Waals surface area contributed by atoms with Crippen LogP contribution in [0.4, 0.5) is 0 Å². The summed E-state index contributed by atoms with van der Waals surface area (Å²) in [5.74, 6) is 0. The Balaban J connectivity index is 0. The summed E-state index contributed by atoms with van der Waals surface area (Å²) in [7, 11) is 0. The maximum atomic E-state index is 5.60. The molecule has 0 heterocycles. The van der Waals surface area contributed by atoms with E-state index in [0.717, 1.165) is 52.1 Å². The van der Waals surface area contributed by atoms with E-state index in [4.69, 9.17) is 18.9 Å². The molecular formula is C26H54CuLiO4. The Morgan fingerprint density at radius 2 is 0.844 bits per heavy atom. The van der Waals surface area contributed by atoms with E-state index in [-0.39, 0.29) is 18.9 Å². The Kier molecular flexibility index (Phi) is 32.9. The van der Waals surface area contributed by atoms with Crippen molar-refractivity contribution in [3.8, 4) is 0 Å². The summed E-state index contributed by atoms with van der Waals surface area (Å²) in [6.45, 7) is 13.3. The van der Waals surface area contributed by atoms with E-state index >= 15 is 0 Å². The Bertz CT molecular complexity index is 307. The summed E-state index contributed by atoms with van der Waals surface area (Å²) in [4.78, 5) is 1.33. The summed E-state index contributed by atoms with van der Waals surface area (Å²) in [6.07, 6.45) is 17.4. The first-order valence-corrected chi connectivity index (χ1v) is 14.1. The number of unbranched alkanes of at least 4 members (excludes halogenated alkanes) is 8. The van der Waals surface area contributed by atoms with Crippen molar-refractivity contribution in [2.24, 2.45) is 0 Å². The van der Waals surface area contributed by atoms with Gasteiger partial charge in [0.2, 0.25) is 0 Å². The van der Waals surface area contributed by atoms with Crippen LogP contribution in [0.15, 0.2) is 0 Å². The number of hydrogen-bond acceptors (Lipinski definition) is 4. The van der Waals surface area contributed by atoms with Crippen LogP contribution in [0, 0.1) is 0 Å². The van der Waals surface area contributed by atoms with E-state index in [1.807, 2.05) is 0 Å². The van der Waals surface area contributed by atoms with Crippen molar-refractivity contribution in [3.63, 3.8) is 0 Å². The van der Waals surface area contributed by atoms with Crippen molar-refractivity contribution < 1.29 is 33.9 Å². The summed E-state index contributed by atoms with van der Waals surface area (Å²) in [5.41, 5.74) is 0. The minimum Gasteiger partial charge on any atom is -0.0654 e. The zero-order chi connectivity index (χ0) is 22.8. The van der Waals surface area contributed by atoms with Crippen molar-refractivity contribution >= 4 is 18.9 Å². The predicted octanol–water partition coefficient (Wildman–Crippen LogP) is 7.79. The molecule has 0 spiro atoms. The Morgan fingerprint density at radius 1 is 0.500 bits per heavy atom. The fourth-order valence-corrected chi connectivity index (χ4v) is 4.88. The SMILES string of the molecule is CCCCCCCOCOCCC[CH](C)[Cu][CH](C)CCCOCOCCCCCCC.[Li]. The van der Waals surface area contributed by atoms with Gasteiger partial charge in [-0.05, 0) is 0 Å². The van der Waals surface area contributed by atoms with Crippen LogP contribution in [0.5, 0.6) is 0 Å². The van der Waals surface area contributed by atoms with Crippen molar-refractivity contribution in [3.05, 3.63) is 0 Å². The summed E-state index contributed by atoms with van der Waals surface area (Å²) in [6, 6.07) is 0. The first kappa shape index (κ1) is 35.1. The zero-order valence-electron chi connectivity index (χ0n) is 22.2. The van der Waals surface area contributed by atoms with E-state index in [1.165, 1.54) is 64.2 Å². The average Bonchev–Trinajstić information content (AvgIpc) is 2.75. The van der Waals surface area contributed by atoms with E-state index < -0.39 is 0 Å². The second-order valence-electron chi connectivity index (χ2n) is 8.49. The molecule has 0 aromatic heterocycles. The van der Waals surface area contributed by atoms with Crippen LogP contribution >= 0.6 is 0 Å². The summed E-state index contributed by atoms with van der Waals surface area (Å²) in [5, 5.41) is 0. The van der Waals surface area contributed by atoms with Crippen LogP contribution < -0.4 is 0 Å². The van der Waals surface area contributed by atoms with Gasteiger partial charge in [-0.15, -0.1) is 0 Å². The van der Waals surface area contributed by atoms with Gasteiger partial charge in [-0.25, -0.2) is 0 Å². The third-order valence-electron chi connectivity index (χ3n) is 5.20. The van der Waals surface area contributed by atoms with Crippen molar-refractivity contribution in [2.45, 2.75) is 127 Å². The second kappa shape index (κ2) is 30.0. The summed E-state index contributed by atoms with van der Waals surface area (Å²) < 4.78 is 22.3. The van der Waals surface area contributed by atoms with Crippen molar-refractivity contribution in [1.29, 1.82) is 0 Å². The Hall–Kier alpha value is 0.957. The minimum absolute atomic E-state index is 0. The molecule has 0 aromatic rings. The predicted molar refractivity (Wildman–Crippen MR) is 134 cm³/mol. The van der Waals surface area contributed by atoms with Gasteiger partial charge < -0.3 is 0 Å². The Labute approximate surface area is 219 Å². The molecular weight excluding hydrogens is 447 g/mol. The quantitative estimate of drug-likeness (QED) is 0.0689. The molecule has 2 unspecified atom stereocenters. The third-order valence-corrected chi connectivity index (χ3v) is 6.81. The molecule has 2 atom stereocenters. The number of ether oxygens (including phenoxy) is 4. The van der Waals surface area contributed by atoms with Crippen LogP contribution in [0.2, 0.25) is 9.63 Å². The summed E-state index contributed by atoms with van der Waals surface area (Å²) >= 11 is 2.19. The van der Waals surface area contributed by atoms with Gasteiger partial charge in [-0.2, -0.15) is 0 Å². The zero-order valence-corrected chi connectivity index (χ0v) is 23.2. The number of rotatable bonds is 26. The molecule has 0 aliphatic carbocycles. The van der Waals surface area contributed by atoms with Crippen LogP contribution in [-0.4, -0.2) is 58.9 Å². The molecule has 0 amide bonds. The molecule has 0 aromatic carbocycles. The molecule has 0 N–H and O–H groups in total. The van der Waals surface area contributed by atoms with E-state index in [9.17, 15) is 0 Å². The maximum absolute atomic E-state index is 5.60. The van der Waals surface area contributed by atoms with Crippen LogP contribution in [0.1, 0.15) is 118 Å². The van der Waals surface area contributed by atoms with Gasteiger partial charge in [-0.1, -0.05) is 26.7 Å². The van der Waals surface area contributed by atoms with Gasteiger partial charge in [0.05, 0.1) is 0 Å². The molecule has 0 fully saturated rings. The molecule has 32 heavy (non-hydrogen) atoms. The van der Waals surface area contributed by atoms with Crippen LogP contribution in [0.25, 0.3) is 0 Å². The first-order valence-electron chi connectivity index (χ1n) is 13.0. The number of hydrogen-bond donors (Lipinski definition) is 0. The van der Waals surface area contributed by atoms with Gasteiger partial charge in [0.15, 0.2) is 0 Å². The first-order chi connectivity index (χ1) is 15.2. The molecule has 1 radical (unpaired) electrons. The normalized spacial score (nSPS) is 13.2. The van der Waals surface area contributed by atoms with Gasteiger partial charge in [0.25, 0.3) is 0 Å². The van der Waals surface area contributed by atoms with Crippen LogP contribution in [-0.2, 0) is 33.9 Å². The topological polar surface area (TPSA) is 36.9 Å². The van der Waals surface area contributed by atoms with Crippen LogP contribution in [0.3, 0.4) is 0 Å². The van der Waals surface area contributed by atoms with E-state index in [2.05, 4.69) is 42.7 Å². The van der Waals surface area contributed by atoms with Gasteiger partial charge in [0.1, 0.15) is 0 Å². The minimum atomic E-state index is 0. The Morgan fingerprint density at radius 3 is 1.22 bits per heavy atom. The fourth-order valence-electron chi connectivity index (χ4n) is 3.26. The van der Waals surface area contributed by atoms with E-state index in [0.29, 0.717) is 23.2 Å². The molecule has 4 nitrogen and oxygen atoms in total. The molecule has 0 aliphatic rings. The third kappa shape index (κ3) is 29.0. The molecule has 0 bridgehead atoms. The van der Waals surface area contributed by atoms with Gasteiger partial charge >= 0.3 is 174 Å². The van der Waals surface area contributed by atoms with E-state index in [1.54, 1.807) is 0 Å². The van der Waals surface area contributed by atoms with Gasteiger partial charge in [-0.3, -0.25) is 0 Å². The molecule has 0 rings (SSSR count). The monoisotopic (exact) mass is 500 g/mol. The van der Waals surface area contributed by atoms with Crippen molar-refractivity contribution in [1.82, 2.24) is 0 Å².